The minimum atomic E-state index is -3.65. The highest BCUT2D eigenvalue weighted by atomic mass is 31.2. The van der Waals surface area contributed by atoms with Crippen molar-refractivity contribution in [2.24, 2.45) is 0 Å². The Labute approximate surface area is 76.7 Å². The van der Waals surface area contributed by atoms with E-state index in [0.717, 1.165) is 20.3 Å². The molecule has 0 heterocycles. The Morgan fingerprint density at radius 1 is 1.38 bits per heavy atom. The molecule has 1 N–H and O–H groups in total. The van der Waals surface area contributed by atoms with E-state index >= 15 is 0 Å². The molecule has 0 aliphatic carbocycles. The minimum absolute atomic E-state index is 0.394. The molecule has 0 amide bonds. The van der Waals surface area contributed by atoms with Gasteiger partial charge in [0.15, 0.2) is 0 Å². The fraction of sp³-hybridized carbons (Fsp3) is 0.500. The SMILES string of the molecule is C=CC(=O)OC.COP(=O)(O)OC. The molecule has 0 rings (SSSR count). The third-order valence-electron chi connectivity index (χ3n) is 0.829. The van der Waals surface area contributed by atoms with Gasteiger partial charge in [-0.2, -0.15) is 0 Å². The van der Waals surface area contributed by atoms with E-state index in [2.05, 4.69) is 20.4 Å². The third kappa shape index (κ3) is 11.3. The van der Waals surface area contributed by atoms with Crippen LogP contribution in [0, 0.1) is 0 Å². The first-order valence-corrected chi connectivity index (χ1v) is 4.57. The summed E-state index contributed by atoms with van der Waals surface area (Å²) in [7, 11) is -0.142. The van der Waals surface area contributed by atoms with Gasteiger partial charge < -0.3 is 9.63 Å². The molecule has 0 aromatic rings. The van der Waals surface area contributed by atoms with E-state index in [0.29, 0.717) is 0 Å². The van der Waals surface area contributed by atoms with E-state index in [1.165, 1.54) is 7.11 Å². The Kier molecular flexibility index (Phi) is 9.06. The zero-order valence-corrected chi connectivity index (χ0v) is 8.61. The zero-order chi connectivity index (χ0) is 10.9. The number of hydrogen-bond donors (Lipinski definition) is 1. The van der Waals surface area contributed by atoms with E-state index in [1.807, 2.05) is 0 Å². The Morgan fingerprint density at radius 2 is 1.77 bits per heavy atom. The molecule has 0 radical (unpaired) electrons. The van der Waals surface area contributed by atoms with E-state index < -0.39 is 13.8 Å². The number of rotatable bonds is 3. The number of esters is 1. The molecule has 0 atom stereocenters. The van der Waals surface area contributed by atoms with E-state index in [1.54, 1.807) is 0 Å². The maximum atomic E-state index is 10.1. The van der Waals surface area contributed by atoms with Crippen LogP contribution in [0.1, 0.15) is 0 Å². The highest BCUT2D eigenvalue weighted by molar-refractivity contribution is 7.47. The highest BCUT2D eigenvalue weighted by Gasteiger charge is 2.13. The van der Waals surface area contributed by atoms with Crippen LogP contribution in [-0.2, 0) is 23.1 Å². The van der Waals surface area contributed by atoms with Gasteiger partial charge in [-0.15, -0.1) is 0 Å². The van der Waals surface area contributed by atoms with Gasteiger partial charge >= 0.3 is 13.8 Å². The van der Waals surface area contributed by atoms with Crippen LogP contribution in [0.5, 0.6) is 0 Å². The summed E-state index contributed by atoms with van der Waals surface area (Å²) in [6.45, 7) is 3.16. The second-order valence-corrected chi connectivity index (χ2v) is 3.23. The van der Waals surface area contributed by atoms with Gasteiger partial charge in [0.1, 0.15) is 0 Å². The number of methoxy groups -OCH3 is 1. The van der Waals surface area contributed by atoms with Crippen molar-refractivity contribution >= 4 is 13.8 Å². The number of carbonyl (C=O) groups is 1. The molecule has 0 bridgehead atoms. The van der Waals surface area contributed by atoms with Crippen molar-refractivity contribution in [1.82, 2.24) is 0 Å². The average Bonchev–Trinajstić information content (AvgIpc) is 2.17. The molecule has 6 nitrogen and oxygen atoms in total. The number of ether oxygens (including phenoxy) is 1. The van der Waals surface area contributed by atoms with Gasteiger partial charge in [-0.1, -0.05) is 6.58 Å². The minimum Gasteiger partial charge on any atom is -0.466 e. The molecule has 0 unspecified atom stereocenters. The molecule has 0 fully saturated rings. The number of phosphoric ester groups is 1. The molecule has 13 heavy (non-hydrogen) atoms. The van der Waals surface area contributed by atoms with Crippen LogP contribution in [-0.4, -0.2) is 32.2 Å². The predicted octanol–water partition coefficient (Wildman–Crippen LogP) is 0.725. The molecule has 0 aromatic heterocycles. The number of phosphoric acid groups is 1. The number of carbonyl (C=O) groups excluding carboxylic acids is 1. The topological polar surface area (TPSA) is 82.1 Å². The quantitative estimate of drug-likeness (QED) is 0.421. The molecular weight excluding hydrogens is 199 g/mol. The first-order chi connectivity index (χ1) is 5.93. The normalized spacial score (nSPS) is 9.54. The summed E-state index contributed by atoms with van der Waals surface area (Å²) in [5, 5.41) is 0. The van der Waals surface area contributed by atoms with Gasteiger partial charge in [-0.3, -0.25) is 9.05 Å². The van der Waals surface area contributed by atoms with Gasteiger partial charge in [-0.25, -0.2) is 9.36 Å². The van der Waals surface area contributed by atoms with Crippen LogP contribution in [0.4, 0.5) is 0 Å². The lowest BCUT2D eigenvalue weighted by molar-refractivity contribution is -0.134. The molecule has 7 heteroatoms. The average molecular weight is 212 g/mol. The highest BCUT2D eigenvalue weighted by Crippen LogP contribution is 2.40. The van der Waals surface area contributed by atoms with Gasteiger partial charge in [0, 0.05) is 20.3 Å². The van der Waals surface area contributed by atoms with E-state index in [4.69, 9.17) is 4.89 Å². The molecule has 0 saturated carbocycles. The third-order valence-corrected chi connectivity index (χ3v) is 1.75. The van der Waals surface area contributed by atoms with Crippen LogP contribution in [0.3, 0.4) is 0 Å². The Balaban J connectivity index is 0. The van der Waals surface area contributed by atoms with Crippen molar-refractivity contribution in [3.05, 3.63) is 12.7 Å². The van der Waals surface area contributed by atoms with Crippen molar-refractivity contribution in [3.8, 4) is 0 Å². The Bertz CT molecular complexity index is 193. The monoisotopic (exact) mass is 212 g/mol. The smallest absolute Gasteiger partial charge is 0.466 e. The lowest BCUT2D eigenvalue weighted by Crippen LogP contribution is -1.91. The van der Waals surface area contributed by atoms with Crippen molar-refractivity contribution in [3.63, 3.8) is 0 Å². The lowest BCUT2D eigenvalue weighted by Gasteiger charge is -2.01. The fourth-order valence-electron chi connectivity index (χ4n) is 0.158. The summed E-state index contributed by atoms with van der Waals surface area (Å²) in [4.78, 5) is 18.1. The van der Waals surface area contributed by atoms with E-state index in [-0.39, 0.29) is 0 Å². The Hall–Kier alpha value is -0.680. The lowest BCUT2D eigenvalue weighted by atomic mass is 10.7. The van der Waals surface area contributed by atoms with Gasteiger partial charge in [0.05, 0.1) is 7.11 Å². The summed E-state index contributed by atoms with van der Waals surface area (Å²) in [5.41, 5.74) is 0. The molecular formula is C6H13O6P. The Morgan fingerprint density at radius 3 is 1.77 bits per heavy atom. The summed E-state index contributed by atoms with van der Waals surface area (Å²) < 4.78 is 22.2. The summed E-state index contributed by atoms with van der Waals surface area (Å²) in [6, 6.07) is 0. The van der Waals surface area contributed by atoms with Crippen LogP contribution in [0.2, 0.25) is 0 Å². The first kappa shape index (κ1) is 14.8. The van der Waals surface area contributed by atoms with Crippen LogP contribution in [0.15, 0.2) is 12.7 Å². The largest absolute Gasteiger partial charge is 0.471 e. The summed E-state index contributed by atoms with van der Waals surface area (Å²) in [5.74, 6) is -0.394. The molecule has 0 saturated heterocycles. The molecule has 78 valence electrons. The first-order valence-electron chi connectivity index (χ1n) is 3.08. The fourth-order valence-corrected chi connectivity index (χ4v) is 0.307. The number of hydrogen-bond acceptors (Lipinski definition) is 5. The van der Waals surface area contributed by atoms with Crippen LogP contribution in [0.25, 0.3) is 0 Å². The van der Waals surface area contributed by atoms with Crippen molar-refractivity contribution in [2.45, 2.75) is 0 Å². The molecule has 0 aliphatic heterocycles. The van der Waals surface area contributed by atoms with Gasteiger partial charge in [0.2, 0.25) is 0 Å². The molecule has 0 spiro atoms. The second kappa shape index (κ2) is 7.94. The maximum absolute atomic E-state index is 10.1. The van der Waals surface area contributed by atoms with Crippen molar-refractivity contribution < 1.29 is 28.0 Å². The van der Waals surface area contributed by atoms with Gasteiger partial charge in [-0.05, 0) is 0 Å². The van der Waals surface area contributed by atoms with Crippen LogP contribution >= 0.6 is 7.82 Å². The van der Waals surface area contributed by atoms with Crippen molar-refractivity contribution in [2.75, 3.05) is 21.3 Å². The zero-order valence-electron chi connectivity index (χ0n) is 7.72. The standard InChI is InChI=1S/C4H6O2.C2H7O4P/c1-3-4(5)6-2;1-5-7(3,4)6-2/h3H,1H2,2H3;1-2H3,(H,3,4). The summed E-state index contributed by atoms with van der Waals surface area (Å²) >= 11 is 0. The predicted molar refractivity (Wildman–Crippen MR) is 46.1 cm³/mol. The van der Waals surface area contributed by atoms with Gasteiger partial charge in [0.25, 0.3) is 0 Å². The molecule has 0 aliphatic rings. The maximum Gasteiger partial charge on any atom is 0.471 e. The summed E-state index contributed by atoms with van der Waals surface area (Å²) in [6.07, 6.45) is 1.11. The molecule has 0 aromatic carbocycles. The van der Waals surface area contributed by atoms with Crippen LogP contribution < -0.4 is 0 Å². The van der Waals surface area contributed by atoms with Crippen molar-refractivity contribution in [1.29, 1.82) is 0 Å². The van der Waals surface area contributed by atoms with E-state index in [9.17, 15) is 9.36 Å². The second-order valence-electron chi connectivity index (χ2n) is 1.56.